The Labute approximate surface area is 189 Å². The van der Waals surface area contributed by atoms with E-state index in [1.54, 1.807) is 28.4 Å². The maximum Gasteiger partial charge on any atom is 0.184 e. The first-order chi connectivity index (χ1) is 15.6. The van der Waals surface area contributed by atoms with Crippen molar-refractivity contribution in [2.45, 2.75) is 19.1 Å². The van der Waals surface area contributed by atoms with Crippen molar-refractivity contribution in [1.82, 2.24) is 0 Å². The molecule has 0 aliphatic carbocycles. The average molecular weight is 462 g/mol. The van der Waals surface area contributed by atoms with Crippen LogP contribution < -0.4 is 29.3 Å². The highest BCUT2D eigenvalue weighted by Gasteiger charge is 2.32. The van der Waals surface area contributed by atoms with Crippen LogP contribution in [0.5, 0.6) is 23.0 Å². The highest BCUT2D eigenvalue weighted by Crippen LogP contribution is 2.35. The van der Waals surface area contributed by atoms with Crippen LogP contribution >= 0.6 is 0 Å². The summed E-state index contributed by atoms with van der Waals surface area (Å²) >= 11 is 0. The molecular weight excluding hydrogens is 432 g/mol. The lowest BCUT2D eigenvalue weighted by atomic mass is 10.1. The summed E-state index contributed by atoms with van der Waals surface area (Å²) in [6, 6.07) is 7.93. The molecule has 0 amide bonds. The quantitative estimate of drug-likeness (QED) is 0.553. The number of ether oxygens (including phenoxy) is 8. The largest absolute Gasteiger partial charge is 0.493 e. The van der Waals surface area contributed by atoms with Gasteiger partial charge in [0.25, 0.3) is 0 Å². The molecule has 2 saturated heterocycles. The Bertz CT molecular complexity index is 863. The summed E-state index contributed by atoms with van der Waals surface area (Å²) in [5.41, 5.74) is 1.87. The van der Waals surface area contributed by atoms with E-state index in [1.165, 1.54) is 0 Å². The van der Waals surface area contributed by atoms with Crippen LogP contribution in [0.2, 0.25) is 6.55 Å². The van der Waals surface area contributed by atoms with Crippen LogP contribution in [0.3, 0.4) is 0 Å². The molecule has 0 bridgehead atoms. The van der Waals surface area contributed by atoms with Gasteiger partial charge in [0.2, 0.25) is 0 Å². The van der Waals surface area contributed by atoms with Crippen molar-refractivity contribution in [1.29, 1.82) is 0 Å². The Kier molecular flexibility index (Phi) is 7.22. The van der Waals surface area contributed by atoms with Gasteiger partial charge in [-0.05, 0) is 34.6 Å². The molecule has 2 aromatic carbocycles. The van der Waals surface area contributed by atoms with Crippen molar-refractivity contribution in [3.63, 3.8) is 0 Å². The van der Waals surface area contributed by atoms with E-state index in [0.29, 0.717) is 49.4 Å². The average Bonchev–Trinajstić information content (AvgIpc) is 3.56. The molecule has 2 aliphatic heterocycles. The molecule has 0 aromatic heterocycles. The van der Waals surface area contributed by atoms with Crippen LogP contribution in [-0.2, 0) is 18.9 Å². The number of methoxy groups -OCH3 is 4. The van der Waals surface area contributed by atoms with Gasteiger partial charge >= 0.3 is 0 Å². The molecular formula is C23H29O8Si. The Balaban J connectivity index is 1.87. The third-order valence-corrected chi connectivity index (χ3v) is 8.15. The van der Waals surface area contributed by atoms with E-state index in [-0.39, 0.29) is 0 Å². The first-order valence-corrected chi connectivity index (χ1v) is 12.4. The summed E-state index contributed by atoms with van der Waals surface area (Å²) in [5, 5.41) is 2.18. The molecule has 2 aromatic rings. The van der Waals surface area contributed by atoms with Crippen molar-refractivity contribution in [3.05, 3.63) is 35.4 Å². The summed E-state index contributed by atoms with van der Waals surface area (Å²) in [7, 11) is 5.13. The van der Waals surface area contributed by atoms with Crippen molar-refractivity contribution >= 4 is 19.2 Å². The van der Waals surface area contributed by atoms with E-state index in [0.717, 1.165) is 21.5 Å². The van der Waals surface area contributed by atoms with Crippen molar-refractivity contribution in [2.75, 3.05) is 54.9 Å². The monoisotopic (exact) mass is 461 g/mol. The summed E-state index contributed by atoms with van der Waals surface area (Å²) < 4.78 is 45.7. The first kappa shape index (κ1) is 22.9. The van der Waals surface area contributed by atoms with Crippen LogP contribution in [-0.4, -0.2) is 63.7 Å². The van der Waals surface area contributed by atoms with Gasteiger partial charge < -0.3 is 37.9 Å². The fourth-order valence-corrected chi connectivity index (χ4v) is 6.28. The maximum absolute atomic E-state index is 5.85. The molecule has 173 valence electrons. The molecule has 8 nitrogen and oxygen atoms in total. The zero-order valence-electron chi connectivity index (χ0n) is 19.1. The van der Waals surface area contributed by atoms with Crippen LogP contribution in [0, 0.1) is 0 Å². The second kappa shape index (κ2) is 10.1. The minimum atomic E-state index is -1.38. The predicted molar refractivity (Wildman–Crippen MR) is 119 cm³/mol. The molecule has 2 aliphatic rings. The van der Waals surface area contributed by atoms with Gasteiger partial charge in [0.05, 0.1) is 54.9 Å². The van der Waals surface area contributed by atoms with Crippen molar-refractivity contribution in [3.8, 4) is 23.0 Å². The molecule has 0 saturated carbocycles. The highest BCUT2D eigenvalue weighted by atomic mass is 28.3. The van der Waals surface area contributed by atoms with E-state index in [9.17, 15) is 0 Å². The van der Waals surface area contributed by atoms with Gasteiger partial charge in [-0.2, -0.15) is 0 Å². The van der Waals surface area contributed by atoms with Crippen LogP contribution in [0.25, 0.3) is 0 Å². The predicted octanol–water partition coefficient (Wildman–Crippen LogP) is 2.05. The van der Waals surface area contributed by atoms with Crippen LogP contribution in [0.15, 0.2) is 24.3 Å². The van der Waals surface area contributed by atoms with Crippen molar-refractivity contribution in [2.24, 2.45) is 0 Å². The molecule has 0 atom stereocenters. The third kappa shape index (κ3) is 4.31. The zero-order valence-corrected chi connectivity index (χ0v) is 20.1. The summed E-state index contributed by atoms with van der Waals surface area (Å²) in [4.78, 5) is 0. The van der Waals surface area contributed by atoms with Gasteiger partial charge in [-0.15, -0.1) is 0 Å². The Morgan fingerprint density at radius 2 is 0.906 bits per heavy atom. The molecule has 0 N–H and O–H groups in total. The highest BCUT2D eigenvalue weighted by molar-refractivity contribution is 6.85. The van der Waals surface area contributed by atoms with Crippen LogP contribution in [0.1, 0.15) is 23.7 Å². The normalized spacial score (nSPS) is 17.2. The summed E-state index contributed by atoms with van der Waals surface area (Å²) in [6.45, 7) is 4.42. The van der Waals surface area contributed by atoms with Crippen LogP contribution in [0.4, 0.5) is 0 Å². The van der Waals surface area contributed by atoms with Gasteiger partial charge in [0.1, 0.15) is 8.80 Å². The van der Waals surface area contributed by atoms with Crippen molar-refractivity contribution < 1.29 is 37.9 Å². The molecule has 4 rings (SSSR count). The van der Waals surface area contributed by atoms with E-state index in [2.05, 4.69) is 6.55 Å². The Hall–Kier alpha value is -2.30. The summed E-state index contributed by atoms with van der Waals surface area (Å²) in [5.74, 6) is 2.58. The Morgan fingerprint density at radius 3 is 1.22 bits per heavy atom. The SMILES string of the molecule is COc1cc(C2OCCO2)c([Si](C)c2cc(OC)c(OC)cc2C2OCCO2)cc1OC. The van der Waals surface area contributed by atoms with E-state index in [4.69, 9.17) is 37.9 Å². The minimum absolute atomic E-state index is 0.452. The second-order valence-corrected chi connectivity index (χ2v) is 9.69. The molecule has 9 heteroatoms. The maximum atomic E-state index is 5.85. The second-order valence-electron chi connectivity index (χ2n) is 7.36. The number of hydrogen-bond donors (Lipinski definition) is 0. The van der Waals surface area contributed by atoms with E-state index in [1.807, 2.05) is 24.3 Å². The van der Waals surface area contributed by atoms with Gasteiger partial charge in [-0.25, -0.2) is 0 Å². The van der Waals surface area contributed by atoms with Gasteiger partial charge in [-0.1, -0.05) is 6.55 Å². The van der Waals surface area contributed by atoms with Gasteiger partial charge in [0.15, 0.2) is 35.6 Å². The van der Waals surface area contributed by atoms with E-state index < -0.39 is 21.4 Å². The third-order valence-electron chi connectivity index (χ3n) is 5.67. The number of hydrogen-bond acceptors (Lipinski definition) is 8. The number of rotatable bonds is 8. The fraction of sp³-hybridized carbons (Fsp3) is 0.478. The zero-order chi connectivity index (χ0) is 22.7. The lowest BCUT2D eigenvalue weighted by molar-refractivity contribution is -0.0435. The molecule has 0 spiro atoms. The molecule has 2 heterocycles. The summed E-state index contributed by atoms with van der Waals surface area (Å²) in [6.07, 6.45) is -0.903. The van der Waals surface area contributed by atoms with E-state index >= 15 is 0 Å². The molecule has 32 heavy (non-hydrogen) atoms. The first-order valence-electron chi connectivity index (χ1n) is 10.4. The fourth-order valence-electron chi connectivity index (χ4n) is 4.05. The lowest BCUT2D eigenvalue weighted by Gasteiger charge is -2.25. The minimum Gasteiger partial charge on any atom is -0.493 e. The lowest BCUT2D eigenvalue weighted by Crippen LogP contribution is -2.44. The van der Waals surface area contributed by atoms with Gasteiger partial charge in [0, 0.05) is 11.1 Å². The molecule has 2 fully saturated rings. The standard InChI is InChI=1S/C23H29O8Si/c1-24-16-10-14(22-28-6-7-29-22)20(12-18(16)26-3)32(5)21-13-19(27-4)17(25-2)11-15(21)23-30-8-9-31-23/h10-13,22-23H,6-9H2,1-5H3. The molecule has 0 unspecified atom stereocenters. The topological polar surface area (TPSA) is 73.8 Å². The molecule has 1 radical (unpaired) electrons. The van der Waals surface area contributed by atoms with Gasteiger partial charge in [-0.3, -0.25) is 0 Å². The smallest absolute Gasteiger partial charge is 0.184 e. The number of benzene rings is 2. The Morgan fingerprint density at radius 1 is 0.594 bits per heavy atom.